The molecule has 1 fully saturated rings. The first-order valence-corrected chi connectivity index (χ1v) is 5.08. The Labute approximate surface area is 84.5 Å². The summed E-state index contributed by atoms with van der Waals surface area (Å²) in [5, 5.41) is 8.64. The summed E-state index contributed by atoms with van der Waals surface area (Å²) < 4.78 is 0. The smallest absolute Gasteiger partial charge is 0.158 e. The molecule has 80 valence electrons. The van der Waals surface area contributed by atoms with Crippen LogP contribution in [0.4, 0.5) is 0 Å². The molecule has 0 heterocycles. The van der Waals surface area contributed by atoms with E-state index in [2.05, 4.69) is 13.8 Å². The Morgan fingerprint density at radius 1 is 1.50 bits per heavy atom. The molecule has 0 bridgehead atoms. The second-order valence-corrected chi connectivity index (χ2v) is 4.75. The highest BCUT2D eigenvalue weighted by Gasteiger charge is 2.47. The molecule has 0 aliphatic heterocycles. The van der Waals surface area contributed by atoms with Gasteiger partial charge in [-0.2, -0.15) is 0 Å². The van der Waals surface area contributed by atoms with E-state index >= 15 is 0 Å². The van der Waals surface area contributed by atoms with Gasteiger partial charge in [-0.15, -0.1) is 0 Å². The Hall–Kier alpha value is -0.700. The van der Waals surface area contributed by atoms with E-state index in [0.717, 1.165) is 12.7 Å². The van der Waals surface area contributed by atoms with Crippen LogP contribution in [-0.4, -0.2) is 23.8 Å². The summed E-state index contributed by atoms with van der Waals surface area (Å²) in [4.78, 5) is 21.4. The van der Waals surface area contributed by atoms with Crippen LogP contribution >= 0.6 is 0 Å². The molecule has 2 unspecified atom stereocenters. The van der Waals surface area contributed by atoms with Gasteiger partial charge in [0.15, 0.2) is 5.78 Å². The van der Waals surface area contributed by atoms with Gasteiger partial charge in [0.25, 0.3) is 0 Å². The first-order valence-electron chi connectivity index (χ1n) is 5.08. The third-order valence-corrected chi connectivity index (χ3v) is 3.70. The molecule has 1 rings (SSSR count). The number of aliphatic hydroxyl groups is 1. The Bertz CT molecular complexity index is 233. The lowest BCUT2D eigenvalue weighted by atomic mass is 9.53. The number of carbonyl (C=O) groups excluding carboxylic acids is 2. The Kier molecular flexibility index (Phi) is 3.43. The van der Waals surface area contributed by atoms with Crippen molar-refractivity contribution in [3.05, 3.63) is 0 Å². The van der Waals surface area contributed by atoms with Crippen LogP contribution < -0.4 is 0 Å². The molecule has 0 saturated heterocycles. The van der Waals surface area contributed by atoms with E-state index in [-0.39, 0.29) is 17.8 Å². The zero-order valence-electron chi connectivity index (χ0n) is 8.82. The quantitative estimate of drug-likeness (QED) is 0.675. The van der Waals surface area contributed by atoms with Gasteiger partial charge in [0.1, 0.15) is 12.9 Å². The largest absolute Gasteiger partial charge is 0.389 e. The van der Waals surface area contributed by atoms with Crippen LogP contribution in [0.2, 0.25) is 0 Å². The predicted octanol–water partition coefficient (Wildman–Crippen LogP) is 1.19. The van der Waals surface area contributed by atoms with Gasteiger partial charge in [0, 0.05) is 12.8 Å². The lowest BCUT2D eigenvalue weighted by molar-refractivity contribution is -0.128. The summed E-state index contributed by atoms with van der Waals surface area (Å²) in [6, 6.07) is 0. The van der Waals surface area contributed by atoms with Crippen molar-refractivity contribution in [2.24, 2.45) is 17.3 Å². The Morgan fingerprint density at radius 3 is 2.57 bits per heavy atom. The number of ketones is 1. The summed E-state index contributed by atoms with van der Waals surface area (Å²) in [5.74, 6) is 0.663. The fourth-order valence-electron chi connectivity index (χ4n) is 2.33. The van der Waals surface area contributed by atoms with Crippen LogP contribution in [0.25, 0.3) is 0 Å². The minimum Gasteiger partial charge on any atom is -0.389 e. The van der Waals surface area contributed by atoms with Crippen LogP contribution in [0.3, 0.4) is 0 Å². The van der Waals surface area contributed by atoms with E-state index in [1.807, 2.05) is 0 Å². The molecule has 3 heteroatoms. The van der Waals surface area contributed by atoms with Gasteiger partial charge in [-0.25, -0.2) is 0 Å². The summed E-state index contributed by atoms with van der Waals surface area (Å²) in [5.41, 5.74) is 0.0751. The molecule has 1 N–H and O–H groups in total. The van der Waals surface area contributed by atoms with Crippen molar-refractivity contribution in [1.82, 2.24) is 0 Å². The van der Waals surface area contributed by atoms with Gasteiger partial charge in [0.05, 0.1) is 0 Å². The average molecular weight is 198 g/mol. The van der Waals surface area contributed by atoms with Gasteiger partial charge in [-0.1, -0.05) is 13.8 Å². The maximum atomic E-state index is 11.0. The lowest BCUT2D eigenvalue weighted by Crippen LogP contribution is -2.46. The van der Waals surface area contributed by atoms with Gasteiger partial charge in [-0.3, -0.25) is 4.79 Å². The van der Waals surface area contributed by atoms with Gasteiger partial charge in [0.2, 0.25) is 0 Å². The van der Waals surface area contributed by atoms with Crippen molar-refractivity contribution in [2.75, 3.05) is 6.61 Å². The van der Waals surface area contributed by atoms with Gasteiger partial charge >= 0.3 is 0 Å². The van der Waals surface area contributed by atoms with E-state index in [0.29, 0.717) is 24.7 Å². The number of rotatable bonds is 5. The third-order valence-electron chi connectivity index (χ3n) is 3.70. The summed E-state index contributed by atoms with van der Waals surface area (Å²) in [6.45, 7) is 3.84. The van der Waals surface area contributed by atoms with Crippen molar-refractivity contribution in [2.45, 2.75) is 33.1 Å². The molecule has 1 saturated carbocycles. The first kappa shape index (κ1) is 11.4. The second-order valence-electron chi connectivity index (χ2n) is 4.75. The van der Waals surface area contributed by atoms with E-state index in [9.17, 15) is 9.59 Å². The molecule has 1 aliphatic rings. The minimum atomic E-state index is -0.356. The predicted molar refractivity (Wildman–Crippen MR) is 52.8 cm³/mol. The molecule has 2 atom stereocenters. The second kappa shape index (κ2) is 4.22. The van der Waals surface area contributed by atoms with Crippen molar-refractivity contribution >= 4 is 12.1 Å². The van der Waals surface area contributed by atoms with Crippen LogP contribution in [0.5, 0.6) is 0 Å². The fourth-order valence-corrected chi connectivity index (χ4v) is 2.33. The highest BCUT2D eigenvalue weighted by atomic mass is 16.3. The summed E-state index contributed by atoms with van der Waals surface area (Å²) in [6.07, 6.45) is 2.95. The first-order chi connectivity index (χ1) is 6.52. The van der Waals surface area contributed by atoms with Crippen molar-refractivity contribution < 1.29 is 14.7 Å². The van der Waals surface area contributed by atoms with Gasteiger partial charge < -0.3 is 9.90 Å². The zero-order valence-corrected chi connectivity index (χ0v) is 8.82. The highest BCUT2D eigenvalue weighted by molar-refractivity contribution is 5.79. The molecule has 1 aliphatic carbocycles. The Balaban J connectivity index is 2.45. The highest BCUT2D eigenvalue weighted by Crippen LogP contribution is 2.53. The fraction of sp³-hybridized carbons (Fsp3) is 0.818. The molecular weight excluding hydrogens is 180 g/mol. The average Bonchev–Trinajstić information content (AvgIpc) is 2.16. The number of aliphatic hydroxyl groups excluding tert-OH is 1. The molecule has 0 radical (unpaired) electrons. The molecule has 0 spiro atoms. The maximum absolute atomic E-state index is 11.0. The molecular formula is C11H18O3. The SMILES string of the molecule is CC1(C)C(CC=O)CC1CC(=O)CO. The van der Waals surface area contributed by atoms with Crippen molar-refractivity contribution in [1.29, 1.82) is 0 Å². The number of hydrogen-bond donors (Lipinski definition) is 1. The zero-order chi connectivity index (χ0) is 10.8. The standard InChI is InChI=1S/C11H18O3/c1-11(2)8(3-4-12)5-9(11)6-10(14)7-13/h4,8-9,13H,3,5-7H2,1-2H3. The molecule has 14 heavy (non-hydrogen) atoms. The number of carbonyl (C=O) groups is 2. The monoisotopic (exact) mass is 198 g/mol. The summed E-state index contributed by atoms with van der Waals surface area (Å²) >= 11 is 0. The van der Waals surface area contributed by atoms with E-state index in [4.69, 9.17) is 5.11 Å². The molecule has 3 nitrogen and oxygen atoms in total. The topological polar surface area (TPSA) is 54.4 Å². The van der Waals surface area contributed by atoms with E-state index < -0.39 is 0 Å². The molecule has 0 aromatic heterocycles. The summed E-state index contributed by atoms with van der Waals surface area (Å²) in [7, 11) is 0. The van der Waals surface area contributed by atoms with Crippen molar-refractivity contribution in [3.63, 3.8) is 0 Å². The lowest BCUT2D eigenvalue weighted by Gasteiger charge is -2.52. The van der Waals surface area contributed by atoms with E-state index in [1.54, 1.807) is 0 Å². The molecule has 0 aromatic rings. The molecule has 0 aromatic carbocycles. The third kappa shape index (κ3) is 2.03. The maximum Gasteiger partial charge on any atom is 0.158 e. The number of aldehydes is 1. The van der Waals surface area contributed by atoms with Crippen LogP contribution in [0.1, 0.15) is 33.1 Å². The van der Waals surface area contributed by atoms with Crippen LogP contribution in [0, 0.1) is 17.3 Å². The van der Waals surface area contributed by atoms with Gasteiger partial charge in [-0.05, 0) is 23.7 Å². The Morgan fingerprint density at radius 2 is 2.14 bits per heavy atom. The van der Waals surface area contributed by atoms with Crippen LogP contribution in [-0.2, 0) is 9.59 Å². The van der Waals surface area contributed by atoms with E-state index in [1.165, 1.54) is 0 Å². The minimum absolute atomic E-state index is 0.0751. The molecule has 0 amide bonds. The normalized spacial score (nSPS) is 29.4. The number of hydrogen-bond acceptors (Lipinski definition) is 3. The van der Waals surface area contributed by atoms with Crippen molar-refractivity contribution in [3.8, 4) is 0 Å². The number of Topliss-reactive ketones (excluding diaryl/α,β-unsaturated/α-hetero) is 1. The van der Waals surface area contributed by atoms with Crippen LogP contribution in [0.15, 0.2) is 0 Å².